The largest absolute Gasteiger partial charge is 0.502 e. The Bertz CT molecular complexity index is 1080. The molecule has 0 aliphatic heterocycles. The Hall–Kier alpha value is -3.55. The van der Waals surface area contributed by atoms with Crippen LogP contribution in [-0.2, 0) is 16.1 Å². The topological polar surface area (TPSA) is 116 Å². The molecule has 2 aromatic heterocycles. The van der Waals surface area contributed by atoms with Crippen LogP contribution in [0.5, 0.6) is 11.5 Å². The van der Waals surface area contributed by atoms with Gasteiger partial charge in [0.1, 0.15) is 30.0 Å². The van der Waals surface area contributed by atoms with Crippen molar-refractivity contribution in [3.8, 4) is 11.5 Å². The number of aryl methyl sites for hydroxylation is 1. The zero-order valence-electron chi connectivity index (χ0n) is 13.7. The third-order valence-electron chi connectivity index (χ3n) is 3.52. The molecule has 0 fully saturated rings. The van der Waals surface area contributed by atoms with Gasteiger partial charge in [0.15, 0.2) is 12.4 Å². The van der Waals surface area contributed by atoms with Crippen LogP contribution in [0.25, 0.3) is 11.0 Å². The van der Waals surface area contributed by atoms with Gasteiger partial charge >= 0.3 is 11.6 Å². The number of benzene rings is 1. The summed E-state index contributed by atoms with van der Waals surface area (Å²) in [6.07, 6.45) is 0.868. The van der Waals surface area contributed by atoms with Crippen molar-refractivity contribution in [3.05, 3.63) is 68.6 Å². The van der Waals surface area contributed by atoms with E-state index in [0.717, 1.165) is 23.3 Å². The van der Waals surface area contributed by atoms with Gasteiger partial charge in [-0.15, -0.1) is 0 Å². The molecule has 8 nitrogen and oxygen atoms in total. The molecule has 0 saturated carbocycles. The molecule has 0 saturated heterocycles. The van der Waals surface area contributed by atoms with Gasteiger partial charge in [-0.2, -0.15) is 0 Å². The molecule has 26 heavy (non-hydrogen) atoms. The third kappa shape index (κ3) is 3.92. The van der Waals surface area contributed by atoms with Crippen molar-refractivity contribution < 1.29 is 28.2 Å². The summed E-state index contributed by atoms with van der Waals surface area (Å²) in [6.45, 7) is 1.13. The van der Waals surface area contributed by atoms with Gasteiger partial charge in [-0.1, -0.05) is 0 Å². The Kier molecular flexibility index (Phi) is 4.74. The fourth-order valence-corrected chi connectivity index (χ4v) is 2.25. The Balaban J connectivity index is 1.60. The smallest absolute Gasteiger partial charge is 0.344 e. The molecule has 3 aromatic rings. The van der Waals surface area contributed by atoms with Crippen LogP contribution in [0.3, 0.4) is 0 Å². The summed E-state index contributed by atoms with van der Waals surface area (Å²) in [5, 5.41) is 9.85. The molecule has 3 rings (SSSR count). The average Bonchev–Trinajstić information content (AvgIpc) is 2.60. The maximum absolute atomic E-state index is 11.7. The monoisotopic (exact) mass is 358 g/mol. The first-order chi connectivity index (χ1) is 12.4. The molecular weight excluding hydrogens is 344 g/mol. The summed E-state index contributed by atoms with van der Waals surface area (Å²) in [5.74, 6) is -0.795. The molecule has 0 aliphatic carbocycles. The molecule has 0 amide bonds. The second-order valence-corrected chi connectivity index (χ2v) is 5.45. The molecule has 0 radical (unpaired) electrons. The molecule has 1 N–H and O–H groups in total. The number of aromatic hydroxyl groups is 1. The average molecular weight is 358 g/mol. The van der Waals surface area contributed by atoms with Gasteiger partial charge in [0.25, 0.3) is 0 Å². The molecule has 0 bridgehead atoms. The molecule has 134 valence electrons. The highest BCUT2D eigenvalue weighted by molar-refractivity contribution is 5.81. The summed E-state index contributed by atoms with van der Waals surface area (Å²) < 4.78 is 20.3. The van der Waals surface area contributed by atoms with E-state index in [4.69, 9.17) is 23.4 Å². The van der Waals surface area contributed by atoms with Crippen LogP contribution < -0.4 is 15.8 Å². The minimum absolute atomic E-state index is 0.0871. The number of esters is 1. The first-order valence-electron chi connectivity index (χ1n) is 7.56. The molecule has 8 heteroatoms. The van der Waals surface area contributed by atoms with Crippen LogP contribution in [0.15, 0.2) is 55.0 Å². The predicted molar refractivity (Wildman–Crippen MR) is 89.2 cm³/mol. The van der Waals surface area contributed by atoms with Crippen molar-refractivity contribution in [1.29, 1.82) is 0 Å². The van der Waals surface area contributed by atoms with Gasteiger partial charge in [-0.3, -0.25) is 4.79 Å². The Morgan fingerprint density at radius 3 is 2.77 bits per heavy atom. The van der Waals surface area contributed by atoms with Crippen LogP contribution in [0.1, 0.15) is 11.3 Å². The minimum Gasteiger partial charge on any atom is -0.502 e. The van der Waals surface area contributed by atoms with Crippen LogP contribution >= 0.6 is 0 Å². The van der Waals surface area contributed by atoms with Gasteiger partial charge in [0, 0.05) is 23.6 Å². The van der Waals surface area contributed by atoms with Crippen molar-refractivity contribution in [1.82, 2.24) is 0 Å². The molecular formula is C18H14O8. The number of rotatable bonds is 5. The lowest BCUT2D eigenvalue weighted by atomic mass is 10.1. The van der Waals surface area contributed by atoms with Crippen molar-refractivity contribution in [2.75, 3.05) is 6.61 Å². The maximum atomic E-state index is 11.7. The van der Waals surface area contributed by atoms with E-state index in [1.165, 1.54) is 12.1 Å². The lowest BCUT2D eigenvalue weighted by molar-refractivity contribution is -0.147. The predicted octanol–water partition coefficient (Wildman–Crippen LogP) is 1.88. The summed E-state index contributed by atoms with van der Waals surface area (Å²) in [4.78, 5) is 34.4. The fraction of sp³-hybridized carbons (Fsp3) is 0.167. The lowest BCUT2D eigenvalue weighted by Crippen LogP contribution is -2.15. The van der Waals surface area contributed by atoms with Crippen molar-refractivity contribution in [2.45, 2.75) is 13.5 Å². The Morgan fingerprint density at radius 1 is 1.19 bits per heavy atom. The van der Waals surface area contributed by atoms with E-state index in [9.17, 15) is 14.4 Å². The third-order valence-corrected chi connectivity index (χ3v) is 3.52. The summed E-state index contributed by atoms with van der Waals surface area (Å²) in [6, 6.07) is 7.29. The van der Waals surface area contributed by atoms with E-state index in [-0.39, 0.29) is 19.0 Å². The highest BCUT2D eigenvalue weighted by Crippen LogP contribution is 2.22. The second kappa shape index (κ2) is 7.14. The molecule has 2 heterocycles. The summed E-state index contributed by atoms with van der Waals surface area (Å²) in [7, 11) is 0. The first-order valence-corrected chi connectivity index (χ1v) is 7.56. The number of fused-ring (bicyclic) bond motifs is 1. The zero-order chi connectivity index (χ0) is 18.7. The summed E-state index contributed by atoms with van der Waals surface area (Å²) >= 11 is 0. The van der Waals surface area contributed by atoms with E-state index in [1.54, 1.807) is 19.1 Å². The maximum Gasteiger partial charge on any atom is 0.344 e. The number of carbonyl (C=O) groups excluding carboxylic acids is 1. The minimum atomic E-state index is -0.688. The summed E-state index contributed by atoms with van der Waals surface area (Å²) in [5.41, 5.74) is 0.0257. The van der Waals surface area contributed by atoms with Crippen molar-refractivity contribution >= 4 is 16.9 Å². The quantitative estimate of drug-likeness (QED) is 0.543. The second-order valence-electron chi connectivity index (χ2n) is 5.45. The standard InChI is InChI=1S/C18H14O8/c1-10-4-17(21)26-16-6-11(2-3-13(10)16)24-9-18(22)25-7-12-5-14(19)15(20)8-23-12/h2-6,8,20H,7,9H2,1H3. The van der Waals surface area contributed by atoms with E-state index in [1.807, 2.05) is 0 Å². The van der Waals surface area contributed by atoms with E-state index < -0.39 is 22.8 Å². The van der Waals surface area contributed by atoms with E-state index in [0.29, 0.717) is 11.3 Å². The van der Waals surface area contributed by atoms with E-state index in [2.05, 4.69) is 0 Å². The number of hydrogen-bond acceptors (Lipinski definition) is 8. The van der Waals surface area contributed by atoms with Gasteiger partial charge in [-0.25, -0.2) is 9.59 Å². The number of ether oxygens (including phenoxy) is 2. The van der Waals surface area contributed by atoms with Crippen molar-refractivity contribution in [2.24, 2.45) is 0 Å². The number of carbonyl (C=O) groups is 1. The highest BCUT2D eigenvalue weighted by atomic mass is 16.6. The van der Waals surface area contributed by atoms with E-state index >= 15 is 0 Å². The highest BCUT2D eigenvalue weighted by Gasteiger charge is 2.09. The SMILES string of the molecule is Cc1cc(=O)oc2cc(OCC(=O)OCc3cc(=O)c(O)co3)ccc12. The van der Waals surface area contributed by atoms with Crippen LogP contribution in [-0.4, -0.2) is 17.7 Å². The van der Waals surface area contributed by atoms with Crippen LogP contribution in [0.4, 0.5) is 0 Å². The van der Waals surface area contributed by atoms with Gasteiger partial charge in [0.05, 0.1) is 0 Å². The fourth-order valence-electron chi connectivity index (χ4n) is 2.25. The zero-order valence-corrected chi connectivity index (χ0v) is 13.7. The van der Waals surface area contributed by atoms with Gasteiger partial charge < -0.3 is 23.4 Å². The van der Waals surface area contributed by atoms with Gasteiger partial charge in [-0.05, 0) is 24.6 Å². The van der Waals surface area contributed by atoms with Crippen molar-refractivity contribution in [3.63, 3.8) is 0 Å². The lowest BCUT2D eigenvalue weighted by Gasteiger charge is -2.08. The molecule has 0 atom stereocenters. The molecule has 0 aliphatic rings. The first kappa shape index (κ1) is 17.3. The Labute approximate surface area is 146 Å². The normalized spacial score (nSPS) is 10.7. The number of hydrogen-bond donors (Lipinski definition) is 1. The molecule has 0 spiro atoms. The molecule has 0 unspecified atom stereocenters. The van der Waals surface area contributed by atoms with Gasteiger partial charge in [0.2, 0.25) is 5.43 Å². The van der Waals surface area contributed by atoms with Crippen LogP contribution in [0.2, 0.25) is 0 Å². The van der Waals surface area contributed by atoms with Crippen LogP contribution in [0, 0.1) is 6.92 Å². The molecule has 1 aromatic carbocycles. The Morgan fingerprint density at radius 2 is 2.00 bits per heavy atom.